The second-order valence-electron chi connectivity index (χ2n) is 4.65. The van der Waals surface area contributed by atoms with Crippen molar-refractivity contribution in [1.29, 1.82) is 0 Å². The molecule has 0 spiro atoms. The van der Waals surface area contributed by atoms with E-state index in [9.17, 15) is 9.59 Å². The van der Waals surface area contributed by atoms with Gasteiger partial charge in [0.1, 0.15) is 23.9 Å². The molecule has 0 atom stereocenters. The number of ether oxygens (including phenoxy) is 4. The number of hydrogen-bond donors (Lipinski definition) is 0. The minimum atomic E-state index is -0.533. The molecule has 0 aromatic heterocycles. The van der Waals surface area contributed by atoms with Crippen molar-refractivity contribution in [2.24, 2.45) is 0 Å². The fraction of sp³-hybridized carbons (Fsp3) is 0.412. The van der Waals surface area contributed by atoms with Gasteiger partial charge >= 0.3 is 11.9 Å². The number of benzene rings is 1. The average Bonchev–Trinajstić information content (AvgIpc) is 2.47. The van der Waals surface area contributed by atoms with Gasteiger partial charge in [-0.2, -0.15) is 0 Å². The summed E-state index contributed by atoms with van der Waals surface area (Å²) in [5.41, 5.74) is 0.282. The first-order valence-corrected chi connectivity index (χ1v) is 7.40. The van der Waals surface area contributed by atoms with Crippen LogP contribution in [0.5, 0.6) is 17.2 Å². The first-order chi connectivity index (χ1) is 11.0. The standard InChI is InChI=1S/C17H22O6/c1-5-20-13-9-14(21-6-2)11-15(10-13)23-16(18)7-8-22-17(19)12(3)4/h9-11H,3,5-8H2,1-2,4H3. The van der Waals surface area contributed by atoms with Crippen molar-refractivity contribution in [2.75, 3.05) is 19.8 Å². The monoisotopic (exact) mass is 322 g/mol. The topological polar surface area (TPSA) is 71.1 Å². The molecular weight excluding hydrogens is 300 g/mol. The Morgan fingerprint density at radius 2 is 1.52 bits per heavy atom. The molecule has 0 bridgehead atoms. The van der Waals surface area contributed by atoms with Crippen LogP contribution in [0.15, 0.2) is 30.4 Å². The van der Waals surface area contributed by atoms with Crippen LogP contribution in [-0.4, -0.2) is 31.8 Å². The van der Waals surface area contributed by atoms with Crippen molar-refractivity contribution in [3.05, 3.63) is 30.4 Å². The Morgan fingerprint density at radius 1 is 1.00 bits per heavy atom. The predicted octanol–water partition coefficient (Wildman–Crippen LogP) is 2.90. The van der Waals surface area contributed by atoms with Gasteiger partial charge in [-0.25, -0.2) is 4.79 Å². The van der Waals surface area contributed by atoms with E-state index in [0.29, 0.717) is 30.5 Å². The summed E-state index contributed by atoms with van der Waals surface area (Å²) in [6, 6.07) is 4.92. The molecule has 6 heteroatoms. The maximum absolute atomic E-state index is 11.8. The number of carbonyl (C=O) groups is 2. The lowest BCUT2D eigenvalue weighted by Gasteiger charge is -2.11. The Hall–Kier alpha value is -2.50. The highest BCUT2D eigenvalue weighted by Crippen LogP contribution is 2.28. The van der Waals surface area contributed by atoms with Crippen LogP contribution >= 0.6 is 0 Å². The van der Waals surface area contributed by atoms with Crippen LogP contribution in [0, 0.1) is 0 Å². The van der Waals surface area contributed by atoms with E-state index >= 15 is 0 Å². The lowest BCUT2D eigenvalue weighted by atomic mass is 10.3. The van der Waals surface area contributed by atoms with Crippen LogP contribution in [0.1, 0.15) is 27.2 Å². The van der Waals surface area contributed by atoms with Crippen LogP contribution in [0.4, 0.5) is 0 Å². The Kier molecular flexibility index (Phi) is 7.66. The van der Waals surface area contributed by atoms with Gasteiger partial charge in [0.05, 0.1) is 19.6 Å². The molecule has 0 saturated heterocycles. The van der Waals surface area contributed by atoms with E-state index in [0.717, 1.165) is 0 Å². The Morgan fingerprint density at radius 3 is 2.00 bits per heavy atom. The minimum absolute atomic E-state index is 0.0537. The van der Waals surface area contributed by atoms with Crippen LogP contribution in [-0.2, 0) is 14.3 Å². The Balaban J connectivity index is 2.62. The van der Waals surface area contributed by atoms with Gasteiger partial charge in [0.15, 0.2) is 0 Å². The predicted molar refractivity (Wildman–Crippen MR) is 84.8 cm³/mol. The van der Waals surface area contributed by atoms with E-state index in [-0.39, 0.29) is 18.6 Å². The highest BCUT2D eigenvalue weighted by atomic mass is 16.6. The first-order valence-electron chi connectivity index (χ1n) is 7.40. The number of carbonyl (C=O) groups excluding carboxylic acids is 2. The fourth-order valence-electron chi connectivity index (χ4n) is 1.64. The van der Waals surface area contributed by atoms with Gasteiger partial charge in [-0.15, -0.1) is 0 Å². The van der Waals surface area contributed by atoms with Gasteiger partial charge in [-0.1, -0.05) is 6.58 Å². The van der Waals surface area contributed by atoms with Crippen LogP contribution in [0.2, 0.25) is 0 Å². The molecule has 0 heterocycles. The summed E-state index contributed by atoms with van der Waals surface area (Å²) in [5.74, 6) is 0.367. The molecule has 126 valence electrons. The summed E-state index contributed by atoms with van der Waals surface area (Å²) in [6.07, 6.45) is -0.0537. The molecule has 0 fully saturated rings. The summed E-state index contributed by atoms with van der Waals surface area (Å²) in [7, 11) is 0. The molecule has 0 amide bonds. The molecule has 1 aromatic carbocycles. The van der Waals surface area contributed by atoms with E-state index in [1.807, 2.05) is 13.8 Å². The van der Waals surface area contributed by atoms with Crippen molar-refractivity contribution < 1.29 is 28.5 Å². The van der Waals surface area contributed by atoms with Crippen molar-refractivity contribution >= 4 is 11.9 Å². The van der Waals surface area contributed by atoms with Gasteiger partial charge in [-0.05, 0) is 20.8 Å². The molecule has 1 rings (SSSR count). The Bertz CT molecular complexity index is 540. The van der Waals surface area contributed by atoms with E-state index in [1.165, 1.54) is 6.92 Å². The van der Waals surface area contributed by atoms with E-state index in [1.54, 1.807) is 18.2 Å². The van der Waals surface area contributed by atoms with Gasteiger partial charge in [-0.3, -0.25) is 4.79 Å². The zero-order valence-corrected chi connectivity index (χ0v) is 13.7. The number of hydrogen-bond acceptors (Lipinski definition) is 6. The molecule has 1 aromatic rings. The number of rotatable bonds is 9. The van der Waals surface area contributed by atoms with Crippen molar-refractivity contribution in [2.45, 2.75) is 27.2 Å². The van der Waals surface area contributed by atoms with Gasteiger partial charge in [0.25, 0.3) is 0 Å². The molecule has 0 aliphatic heterocycles. The largest absolute Gasteiger partial charge is 0.494 e. The molecule has 0 aliphatic carbocycles. The van der Waals surface area contributed by atoms with Crippen LogP contribution in [0.3, 0.4) is 0 Å². The lowest BCUT2D eigenvalue weighted by molar-refractivity contribution is -0.142. The van der Waals surface area contributed by atoms with E-state index < -0.39 is 11.9 Å². The zero-order valence-electron chi connectivity index (χ0n) is 13.7. The molecule has 6 nitrogen and oxygen atoms in total. The van der Waals surface area contributed by atoms with Crippen LogP contribution < -0.4 is 14.2 Å². The lowest BCUT2D eigenvalue weighted by Crippen LogP contribution is -2.14. The summed E-state index contributed by atoms with van der Waals surface area (Å²) in [5, 5.41) is 0. The molecule has 0 N–H and O–H groups in total. The second-order valence-corrected chi connectivity index (χ2v) is 4.65. The highest BCUT2D eigenvalue weighted by molar-refractivity contribution is 5.87. The molecule has 0 radical (unpaired) electrons. The summed E-state index contributed by atoms with van der Waals surface area (Å²) in [6.45, 7) is 9.62. The normalized spacial score (nSPS) is 9.87. The average molecular weight is 322 g/mol. The molecule has 0 aliphatic rings. The maximum atomic E-state index is 11.8. The fourth-order valence-corrected chi connectivity index (χ4v) is 1.64. The van der Waals surface area contributed by atoms with Gasteiger partial charge in [0.2, 0.25) is 0 Å². The Labute approximate surface area is 136 Å². The van der Waals surface area contributed by atoms with Crippen molar-refractivity contribution in [3.8, 4) is 17.2 Å². The highest BCUT2D eigenvalue weighted by Gasteiger charge is 2.11. The molecule has 23 heavy (non-hydrogen) atoms. The molecular formula is C17H22O6. The maximum Gasteiger partial charge on any atom is 0.333 e. The summed E-state index contributed by atoms with van der Waals surface area (Å²) >= 11 is 0. The third-order valence-corrected chi connectivity index (χ3v) is 2.60. The summed E-state index contributed by atoms with van der Waals surface area (Å²) in [4.78, 5) is 23.0. The van der Waals surface area contributed by atoms with E-state index in [4.69, 9.17) is 18.9 Å². The summed E-state index contributed by atoms with van der Waals surface area (Å²) < 4.78 is 20.9. The van der Waals surface area contributed by atoms with Crippen molar-refractivity contribution in [3.63, 3.8) is 0 Å². The second kappa shape index (κ2) is 9.50. The molecule has 0 unspecified atom stereocenters. The quantitative estimate of drug-likeness (QED) is 0.395. The van der Waals surface area contributed by atoms with Gasteiger partial charge in [0, 0.05) is 23.8 Å². The SMILES string of the molecule is C=C(C)C(=O)OCCC(=O)Oc1cc(OCC)cc(OCC)c1. The third-order valence-electron chi connectivity index (χ3n) is 2.60. The molecule has 0 saturated carbocycles. The van der Waals surface area contributed by atoms with Crippen LogP contribution in [0.25, 0.3) is 0 Å². The smallest absolute Gasteiger partial charge is 0.333 e. The third kappa shape index (κ3) is 6.86. The zero-order chi connectivity index (χ0) is 17.2. The van der Waals surface area contributed by atoms with E-state index in [2.05, 4.69) is 6.58 Å². The van der Waals surface area contributed by atoms with Gasteiger partial charge < -0.3 is 18.9 Å². The first kappa shape index (κ1) is 18.5. The van der Waals surface area contributed by atoms with Crippen molar-refractivity contribution in [1.82, 2.24) is 0 Å². The number of esters is 2. The minimum Gasteiger partial charge on any atom is -0.494 e.